The molecule has 0 atom stereocenters. The lowest BCUT2D eigenvalue weighted by Crippen LogP contribution is -2.25. The van der Waals surface area contributed by atoms with Gasteiger partial charge in [-0.15, -0.1) is 0 Å². The van der Waals surface area contributed by atoms with E-state index in [1.807, 2.05) is 44.1 Å². The van der Waals surface area contributed by atoms with Gasteiger partial charge in [-0.2, -0.15) is 13.2 Å². The number of aryl methyl sites for hydroxylation is 1. The Hall–Kier alpha value is -4.51. The van der Waals surface area contributed by atoms with Crippen LogP contribution in [0.2, 0.25) is 0 Å². The molecule has 4 aromatic rings. The molecule has 2 aromatic heterocycles. The van der Waals surface area contributed by atoms with Crippen LogP contribution in [-0.2, 0) is 12.6 Å². The number of aromatic nitrogens is 2. The van der Waals surface area contributed by atoms with Crippen molar-refractivity contribution in [1.29, 1.82) is 0 Å². The van der Waals surface area contributed by atoms with Gasteiger partial charge in [0.15, 0.2) is 0 Å². The summed E-state index contributed by atoms with van der Waals surface area (Å²) >= 11 is 0. The van der Waals surface area contributed by atoms with Crippen LogP contribution >= 0.6 is 0 Å². The van der Waals surface area contributed by atoms with Gasteiger partial charge >= 0.3 is 6.18 Å². The number of carbonyl (C=O) groups is 1. The van der Waals surface area contributed by atoms with Crippen molar-refractivity contribution in [3.63, 3.8) is 0 Å². The normalized spacial score (nSPS) is 11.5. The fourth-order valence-electron chi connectivity index (χ4n) is 4.46. The summed E-state index contributed by atoms with van der Waals surface area (Å²) in [5.41, 5.74) is 1.32. The third-order valence-electron chi connectivity index (χ3n) is 6.74. The molecule has 0 spiro atoms. The fourth-order valence-corrected chi connectivity index (χ4v) is 4.46. The molecule has 0 saturated carbocycles. The molecule has 4 rings (SSSR count). The lowest BCUT2D eigenvalue weighted by molar-refractivity contribution is -0.137. The van der Waals surface area contributed by atoms with E-state index in [1.165, 1.54) is 18.2 Å². The summed E-state index contributed by atoms with van der Waals surface area (Å²) in [6, 6.07) is 14.0. The van der Waals surface area contributed by atoms with Crippen molar-refractivity contribution in [2.75, 3.05) is 44.4 Å². The number of rotatable bonds is 11. The van der Waals surface area contributed by atoms with Crippen LogP contribution in [0.4, 0.5) is 28.9 Å². The van der Waals surface area contributed by atoms with Crippen LogP contribution in [0.1, 0.15) is 35.0 Å². The number of nitrogens with one attached hydrogen (secondary N) is 1. The lowest BCUT2D eigenvalue weighted by atomic mass is 10.1. The molecule has 0 saturated heterocycles. The van der Waals surface area contributed by atoms with Gasteiger partial charge in [-0.25, -0.2) is 9.37 Å². The highest BCUT2D eigenvalue weighted by atomic mass is 19.4. The van der Waals surface area contributed by atoms with Crippen molar-refractivity contribution in [1.82, 2.24) is 14.9 Å². The molecule has 0 aliphatic heterocycles. The SMILES string of the molecule is CCc1cc(-c2cccnc2Oc2ccc(F)c(C(=O)Nc3cc(C(F)(F)F)ccc3N(C)CCCN(C)C)c2)ccn1. The number of benzene rings is 2. The maximum Gasteiger partial charge on any atom is 0.416 e. The Kier molecular flexibility index (Phi) is 9.97. The summed E-state index contributed by atoms with van der Waals surface area (Å²) < 4.78 is 61.6. The highest BCUT2D eigenvalue weighted by Crippen LogP contribution is 2.36. The number of hydrogen-bond acceptors (Lipinski definition) is 6. The number of carbonyl (C=O) groups excluding carboxylic acids is 1. The van der Waals surface area contributed by atoms with E-state index >= 15 is 0 Å². The molecule has 1 amide bonds. The fraction of sp³-hybridized carbons (Fsp3) is 0.281. The standard InChI is InChI=1S/C32H33F4N5O2/c1-5-23-18-21(13-15-37-23)25-8-6-14-38-31(25)43-24-10-11-27(33)26(20-24)30(42)39-28-19-22(32(34,35)36)9-12-29(28)41(4)17-7-16-40(2)3/h6,8-15,18-20H,5,7,16-17H2,1-4H3,(H,39,42). The van der Waals surface area contributed by atoms with E-state index in [4.69, 9.17) is 4.74 Å². The van der Waals surface area contributed by atoms with E-state index in [9.17, 15) is 22.4 Å². The van der Waals surface area contributed by atoms with Gasteiger partial charge in [-0.05, 0) is 99.7 Å². The number of halogens is 4. The Morgan fingerprint density at radius 3 is 2.47 bits per heavy atom. The number of pyridine rings is 2. The van der Waals surface area contributed by atoms with E-state index in [0.29, 0.717) is 17.8 Å². The summed E-state index contributed by atoms with van der Waals surface area (Å²) in [6.45, 7) is 3.28. The van der Waals surface area contributed by atoms with Crippen LogP contribution in [0.5, 0.6) is 11.6 Å². The van der Waals surface area contributed by atoms with Crippen LogP contribution < -0.4 is 15.0 Å². The Morgan fingerprint density at radius 1 is 0.953 bits per heavy atom. The Labute approximate surface area is 248 Å². The average molecular weight is 596 g/mol. The average Bonchev–Trinajstić information content (AvgIpc) is 2.97. The van der Waals surface area contributed by atoms with Gasteiger partial charge in [0.1, 0.15) is 11.6 Å². The Balaban J connectivity index is 1.62. The zero-order chi connectivity index (χ0) is 31.1. The third-order valence-corrected chi connectivity index (χ3v) is 6.74. The van der Waals surface area contributed by atoms with Crippen LogP contribution in [-0.4, -0.2) is 55.0 Å². The number of hydrogen-bond donors (Lipinski definition) is 1. The Bertz CT molecular complexity index is 1580. The number of amides is 1. The molecule has 2 heterocycles. The molecule has 0 fully saturated rings. The first-order valence-corrected chi connectivity index (χ1v) is 13.7. The smallest absolute Gasteiger partial charge is 0.416 e. The van der Waals surface area contributed by atoms with E-state index < -0.39 is 29.0 Å². The van der Waals surface area contributed by atoms with Crippen LogP contribution in [0.25, 0.3) is 11.1 Å². The van der Waals surface area contributed by atoms with Crippen molar-refractivity contribution in [3.05, 3.63) is 95.7 Å². The van der Waals surface area contributed by atoms with Gasteiger partial charge in [0.25, 0.3) is 5.91 Å². The second-order valence-electron chi connectivity index (χ2n) is 10.3. The van der Waals surface area contributed by atoms with E-state index in [2.05, 4.69) is 15.3 Å². The summed E-state index contributed by atoms with van der Waals surface area (Å²) in [6.07, 6.45) is 0.0730. The van der Waals surface area contributed by atoms with Crippen molar-refractivity contribution in [2.45, 2.75) is 25.9 Å². The number of nitrogens with zero attached hydrogens (tertiary/aromatic N) is 4. The summed E-state index contributed by atoms with van der Waals surface area (Å²) in [5, 5.41) is 2.49. The van der Waals surface area contributed by atoms with Gasteiger partial charge in [-0.3, -0.25) is 9.78 Å². The van der Waals surface area contributed by atoms with Gasteiger partial charge in [-0.1, -0.05) is 6.92 Å². The summed E-state index contributed by atoms with van der Waals surface area (Å²) in [7, 11) is 5.57. The molecule has 11 heteroatoms. The molecule has 0 aliphatic carbocycles. The van der Waals surface area contributed by atoms with Crippen LogP contribution in [0.15, 0.2) is 73.1 Å². The molecule has 0 aliphatic rings. The molecular formula is C32H33F4N5O2. The van der Waals surface area contributed by atoms with Crippen molar-refractivity contribution < 1.29 is 27.1 Å². The van der Waals surface area contributed by atoms with Gasteiger partial charge in [0.2, 0.25) is 5.88 Å². The molecule has 7 nitrogen and oxygen atoms in total. The van der Waals surface area contributed by atoms with Gasteiger partial charge in [0, 0.05) is 37.2 Å². The molecule has 226 valence electrons. The first kappa shape index (κ1) is 31.4. The van der Waals surface area contributed by atoms with Crippen LogP contribution in [0.3, 0.4) is 0 Å². The molecule has 1 N–H and O–H groups in total. The second-order valence-corrected chi connectivity index (χ2v) is 10.3. The van der Waals surface area contributed by atoms with Crippen molar-refractivity contribution in [3.8, 4) is 22.8 Å². The third kappa shape index (κ3) is 8.07. The van der Waals surface area contributed by atoms with E-state index in [1.54, 1.807) is 30.4 Å². The molecule has 0 radical (unpaired) electrons. The highest BCUT2D eigenvalue weighted by molar-refractivity contribution is 6.06. The summed E-state index contributed by atoms with van der Waals surface area (Å²) in [5.74, 6) is -1.43. The quantitative estimate of drug-likeness (QED) is 0.184. The van der Waals surface area contributed by atoms with Crippen LogP contribution in [0, 0.1) is 5.82 Å². The van der Waals surface area contributed by atoms with Crippen molar-refractivity contribution in [2.24, 2.45) is 0 Å². The number of anilines is 2. The highest BCUT2D eigenvalue weighted by Gasteiger charge is 2.31. The Morgan fingerprint density at radius 2 is 1.74 bits per heavy atom. The lowest BCUT2D eigenvalue weighted by Gasteiger charge is -2.24. The predicted molar refractivity (Wildman–Crippen MR) is 159 cm³/mol. The first-order chi connectivity index (χ1) is 20.5. The zero-order valence-electron chi connectivity index (χ0n) is 24.4. The zero-order valence-corrected chi connectivity index (χ0v) is 24.4. The maximum atomic E-state index is 14.9. The minimum Gasteiger partial charge on any atom is -0.438 e. The topological polar surface area (TPSA) is 70.6 Å². The number of ether oxygens (including phenoxy) is 1. The maximum absolute atomic E-state index is 14.9. The summed E-state index contributed by atoms with van der Waals surface area (Å²) in [4.78, 5) is 25.7. The minimum absolute atomic E-state index is 0.0886. The molecule has 2 aromatic carbocycles. The minimum atomic E-state index is -4.63. The first-order valence-electron chi connectivity index (χ1n) is 13.7. The number of alkyl halides is 3. The molecule has 0 unspecified atom stereocenters. The monoisotopic (exact) mass is 595 g/mol. The largest absolute Gasteiger partial charge is 0.438 e. The van der Waals surface area contributed by atoms with Gasteiger partial charge in [0.05, 0.1) is 22.5 Å². The van der Waals surface area contributed by atoms with Crippen molar-refractivity contribution >= 4 is 17.3 Å². The predicted octanol–water partition coefficient (Wildman–Crippen LogP) is 7.30. The second kappa shape index (κ2) is 13.6. The molecule has 0 bridgehead atoms. The molecular weight excluding hydrogens is 562 g/mol. The van der Waals surface area contributed by atoms with E-state index in [-0.39, 0.29) is 17.3 Å². The molecule has 43 heavy (non-hydrogen) atoms. The van der Waals surface area contributed by atoms with E-state index in [0.717, 1.165) is 48.8 Å². The van der Waals surface area contributed by atoms with Gasteiger partial charge < -0.3 is 19.9 Å².